The lowest BCUT2D eigenvalue weighted by molar-refractivity contribution is -0.186. The first kappa shape index (κ1) is 16.8. The summed E-state index contributed by atoms with van der Waals surface area (Å²) < 4.78 is 5.47. The van der Waals surface area contributed by atoms with Gasteiger partial charge in [-0.2, -0.15) is 0 Å². The number of nitrogens with two attached hydrogens (primary N) is 2. The lowest BCUT2D eigenvalue weighted by atomic mass is 10.1. The molecule has 2 unspecified atom stereocenters. The molecule has 0 saturated heterocycles. The first-order chi connectivity index (χ1) is 7.87. The van der Waals surface area contributed by atoms with Gasteiger partial charge in [-0.05, 0) is 33.7 Å². The lowest BCUT2D eigenvalue weighted by Gasteiger charge is -2.29. The highest BCUT2D eigenvalue weighted by molar-refractivity contribution is 4.73. The Bertz CT molecular complexity index is 188. The summed E-state index contributed by atoms with van der Waals surface area (Å²) in [6.45, 7) is 8.35. The van der Waals surface area contributed by atoms with Crippen molar-refractivity contribution in [1.82, 2.24) is 10.6 Å². The third-order valence-corrected chi connectivity index (χ3v) is 2.15. The van der Waals surface area contributed by atoms with E-state index in [0.29, 0.717) is 19.6 Å². The van der Waals surface area contributed by atoms with E-state index in [1.165, 1.54) is 0 Å². The third kappa shape index (κ3) is 10.6. The van der Waals surface area contributed by atoms with Crippen molar-refractivity contribution in [2.75, 3.05) is 26.2 Å². The Hall–Kier alpha value is -0.240. The molecule has 0 bridgehead atoms. The van der Waals surface area contributed by atoms with Gasteiger partial charge in [0.25, 0.3) is 0 Å². The maximum Gasteiger partial charge on any atom is 0.214 e. The first-order valence-electron chi connectivity index (χ1n) is 6.13. The highest BCUT2D eigenvalue weighted by Gasteiger charge is 2.21. The minimum atomic E-state index is -0.964. The largest absolute Gasteiger partial charge is 0.356 e. The Morgan fingerprint density at radius 3 is 2.59 bits per heavy atom. The highest BCUT2D eigenvalue weighted by atomic mass is 16.6. The van der Waals surface area contributed by atoms with Crippen molar-refractivity contribution in [3.05, 3.63) is 0 Å². The van der Waals surface area contributed by atoms with E-state index in [1.807, 2.05) is 20.8 Å². The molecule has 0 aromatic heterocycles. The number of hydrogen-bond acceptors (Lipinski definition) is 6. The van der Waals surface area contributed by atoms with Crippen LogP contribution >= 0.6 is 0 Å². The van der Waals surface area contributed by atoms with E-state index in [0.717, 1.165) is 13.0 Å². The molecule has 0 aliphatic carbocycles. The van der Waals surface area contributed by atoms with Gasteiger partial charge in [-0.1, -0.05) is 0 Å². The van der Waals surface area contributed by atoms with Crippen LogP contribution in [0.5, 0.6) is 0 Å². The van der Waals surface area contributed by atoms with E-state index in [1.54, 1.807) is 0 Å². The molecule has 6 nitrogen and oxygen atoms in total. The van der Waals surface area contributed by atoms with Crippen LogP contribution < -0.4 is 22.1 Å². The maximum absolute atomic E-state index is 9.59. The molecule has 0 fully saturated rings. The predicted molar refractivity (Wildman–Crippen MR) is 69.4 cm³/mol. The molecule has 6 heteroatoms. The average Bonchev–Trinajstić information content (AvgIpc) is 2.16. The van der Waals surface area contributed by atoms with Crippen molar-refractivity contribution in [3.8, 4) is 0 Å². The molecule has 0 saturated carbocycles. The van der Waals surface area contributed by atoms with Gasteiger partial charge in [-0.15, -0.1) is 0 Å². The Morgan fingerprint density at radius 1 is 1.41 bits per heavy atom. The van der Waals surface area contributed by atoms with Gasteiger partial charge in [-0.3, -0.25) is 5.32 Å². The van der Waals surface area contributed by atoms with E-state index in [-0.39, 0.29) is 6.04 Å². The molecular formula is C11H28N4O2. The minimum absolute atomic E-state index is 0.110. The third-order valence-electron chi connectivity index (χ3n) is 2.15. The van der Waals surface area contributed by atoms with Crippen LogP contribution in [0.2, 0.25) is 0 Å². The van der Waals surface area contributed by atoms with Gasteiger partial charge < -0.3 is 26.6 Å². The summed E-state index contributed by atoms with van der Waals surface area (Å²) in [5.41, 5.74) is 10.5. The monoisotopic (exact) mass is 248 g/mol. The summed E-state index contributed by atoms with van der Waals surface area (Å²) in [5, 5.41) is 15.6. The van der Waals surface area contributed by atoms with Crippen LogP contribution in [0.4, 0.5) is 0 Å². The molecule has 2 atom stereocenters. The van der Waals surface area contributed by atoms with E-state index < -0.39 is 12.0 Å². The minimum Gasteiger partial charge on any atom is -0.356 e. The van der Waals surface area contributed by atoms with Crippen LogP contribution in [0.1, 0.15) is 27.2 Å². The lowest BCUT2D eigenvalue weighted by Crippen LogP contribution is -2.47. The van der Waals surface area contributed by atoms with Crippen LogP contribution in [-0.2, 0) is 4.74 Å². The SMILES string of the molecule is CC(N)CNCC(C)(C)OC(O)NCCCN. The molecule has 0 aromatic carbocycles. The van der Waals surface area contributed by atoms with Crippen molar-refractivity contribution < 1.29 is 9.84 Å². The van der Waals surface area contributed by atoms with Gasteiger partial charge >= 0.3 is 0 Å². The van der Waals surface area contributed by atoms with Gasteiger partial charge in [-0.25, -0.2) is 0 Å². The van der Waals surface area contributed by atoms with E-state index in [2.05, 4.69) is 10.6 Å². The van der Waals surface area contributed by atoms with Crippen molar-refractivity contribution in [2.24, 2.45) is 11.5 Å². The molecule has 104 valence electrons. The number of nitrogens with one attached hydrogen (secondary N) is 2. The van der Waals surface area contributed by atoms with Crippen LogP contribution in [0.15, 0.2) is 0 Å². The normalized spacial score (nSPS) is 15.9. The van der Waals surface area contributed by atoms with Crippen LogP contribution in [0, 0.1) is 0 Å². The van der Waals surface area contributed by atoms with Crippen LogP contribution in [0.25, 0.3) is 0 Å². The molecule has 0 amide bonds. The zero-order valence-electron chi connectivity index (χ0n) is 11.2. The van der Waals surface area contributed by atoms with Gasteiger partial charge in [0.2, 0.25) is 6.41 Å². The fourth-order valence-electron chi connectivity index (χ4n) is 1.31. The number of hydrogen-bond donors (Lipinski definition) is 5. The molecule has 0 heterocycles. The fourth-order valence-corrected chi connectivity index (χ4v) is 1.31. The summed E-state index contributed by atoms with van der Waals surface area (Å²) in [6, 6.07) is 0.110. The van der Waals surface area contributed by atoms with E-state index in [9.17, 15) is 5.11 Å². The van der Waals surface area contributed by atoms with Crippen molar-refractivity contribution >= 4 is 0 Å². The quantitative estimate of drug-likeness (QED) is 0.249. The van der Waals surface area contributed by atoms with Gasteiger partial charge in [0.05, 0.1) is 5.60 Å². The first-order valence-corrected chi connectivity index (χ1v) is 6.13. The number of aliphatic hydroxyl groups is 1. The number of rotatable bonds is 10. The van der Waals surface area contributed by atoms with E-state index >= 15 is 0 Å². The fraction of sp³-hybridized carbons (Fsp3) is 1.00. The number of aliphatic hydroxyl groups excluding tert-OH is 1. The Balaban J connectivity index is 3.73. The van der Waals surface area contributed by atoms with Crippen molar-refractivity contribution in [3.63, 3.8) is 0 Å². The summed E-state index contributed by atoms with van der Waals surface area (Å²) >= 11 is 0. The predicted octanol–water partition coefficient (Wildman–Crippen LogP) is -1.07. The van der Waals surface area contributed by atoms with E-state index in [4.69, 9.17) is 16.2 Å². The molecule has 0 rings (SSSR count). The molecule has 0 aromatic rings. The van der Waals surface area contributed by atoms with Crippen LogP contribution in [0.3, 0.4) is 0 Å². The molecule has 7 N–H and O–H groups in total. The van der Waals surface area contributed by atoms with Crippen molar-refractivity contribution in [1.29, 1.82) is 0 Å². The van der Waals surface area contributed by atoms with Gasteiger partial charge in [0, 0.05) is 25.7 Å². The molecular weight excluding hydrogens is 220 g/mol. The second kappa shape index (κ2) is 8.79. The Labute approximate surface area is 104 Å². The Kier molecular flexibility index (Phi) is 8.67. The smallest absolute Gasteiger partial charge is 0.214 e. The second-order valence-electron chi connectivity index (χ2n) is 4.93. The molecule has 0 spiro atoms. The summed E-state index contributed by atoms with van der Waals surface area (Å²) in [5.74, 6) is 0. The van der Waals surface area contributed by atoms with Gasteiger partial charge in [0.1, 0.15) is 0 Å². The molecule has 0 radical (unpaired) electrons. The zero-order chi connectivity index (χ0) is 13.3. The molecule has 17 heavy (non-hydrogen) atoms. The summed E-state index contributed by atoms with van der Waals surface area (Å²) in [7, 11) is 0. The second-order valence-corrected chi connectivity index (χ2v) is 4.93. The maximum atomic E-state index is 9.59. The zero-order valence-corrected chi connectivity index (χ0v) is 11.2. The topological polar surface area (TPSA) is 106 Å². The Morgan fingerprint density at radius 2 is 2.06 bits per heavy atom. The summed E-state index contributed by atoms with van der Waals surface area (Å²) in [6.07, 6.45) is -0.155. The van der Waals surface area contributed by atoms with Crippen LogP contribution in [-0.4, -0.2) is 49.3 Å². The standard InChI is InChI=1S/C11H28N4O2/c1-9(13)7-14-8-11(2,3)17-10(16)15-6-4-5-12/h9-10,14-16H,4-8,12-13H2,1-3H3. The molecule has 0 aliphatic rings. The molecule has 0 aliphatic heterocycles. The van der Waals surface area contributed by atoms with Gasteiger partial charge in [0.15, 0.2) is 0 Å². The average molecular weight is 248 g/mol. The summed E-state index contributed by atoms with van der Waals surface area (Å²) in [4.78, 5) is 0. The van der Waals surface area contributed by atoms with Crippen molar-refractivity contribution in [2.45, 2.75) is 45.2 Å². The number of ether oxygens (including phenoxy) is 1. The highest BCUT2D eigenvalue weighted by Crippen LogP contribution is 2.08.